The number of hydrogen-bond acceptors (Lipinski definition) is 4. The number of nitro groups is 1. The molecule has 0 saturated heterocycles. The number of nitro benzene ring substituents is 1. The molecule has 0 spiro atoms. The topological polar surface area (TPSA) is 69.4 Å². The molecule has 2 aromatic rings. The number of carbonyl (C=O) groups is 1. The van der Waals surface area contributed by atoms with E-state index in [0.29, 0.717) is 5.75 Å². The predicted molar refractivity (Wildman–Crippen MR) is 79.0 cm³/mol. The first kappa shape index (κ1) is 15.0. The number of benzene rings is 2. The van der Waals surface area contributed by atoms with E-state index in [-0.39, 0.29) is 16.3 Å². The minimum absolute atomic E-state index is 0.0249. The van der Waals surface area contributed by atoms with Gasteiger partial charge in [-0.25, -0.2) is 4.79 Å². The number of halogens is 1. The maximum Gasteiger partial charge on any atom is 0.343 e. The van der Waals surface area contributed by atoms with E-state index in [1.54, 1.807) is 6.07 Å². The minimum atomic E-state index is -0.665. The summed E-state index contributed by atoms with van der Waals surface area (Å²) in [6.07, 6.45) is 0. The SMILES string of the molecule is Cc1ccc(OC(=O)c2ccc(Cl)c([N+](=O)[O-])c2)c(C)c1. The van der Waals surface area contributed by atoms with Gasteiger partial charge in [0.05, 0.1) is 10.5 Å². The summed E-state index contributed by atoms with van der Waals surface area (Å²) >= 11 is 5.70. The lowest BCUT2D eigenvalue weighted by molar-refractivity contribution is -0.384. The van der Waals surface area contributed by atoms with Gasteiger partial charge in [0.2, 0.25) is 0 Å². The summed E-state index contributed by atoms with van der Waals surface area (Å²) in [7, 11) is 0. The number of nitrogens with zero attached hydrogens (tertiary/aromatic N) is 1. The van der Waals surface area contributed by atoms with Gasteiger partial charge in [-0.05, 0) is 37.6 Å². The largest absolute Gasteiger partial charge is 0.423 e. The Bertz CT molecular complexity index is 728. The van der Waals surface area contributed by atoms with Gasteiger partial charge >= 0.3 is 5.97 Å². The van der Waals surface area contributed by atoms with Crippen molar-refractivity contribution in [1.29, 1.82) is 0 Å². The minimum Gasteiger partial charge on any atom is -0.423 e. The molecule has 0 bridgehead atoms. The molecule has 0 amide bonds. The Morgan fingerprint density at radius 1 is 1.19 bits per heavy atom. The summed E-state index contributed by atoms with van der Waals surface area (Å²) in [5, 5.41) is 10.8. The zero-order valence-electron chi connectivity index (χ0n) is 11.4. The molecule has 108 valence electrons. The van der Waals surface area contributed by atoms with Gasteiger partial charge in [0.25, 0.3) is 5.69 Å². The second-order valence-corrected chi connectivity index (χ2v) is 4.99. The molecule has 2 rings (SSSR count). The molecule has 0 N–H and O–H groups in total. The maximum absolute atomic E-state index is 12.0. The van der Waals surface area contributed by atoms with Gasteiger partial charge in [0, 0.05) is 6.07 Å². The molecule has 21 heavy (non-hydrogen) atoms. The third kappa shape index (κ3) is 3.38. The second-order valence-electron chi connectivity index (χ2n) is 4.58. The van der Waals surface area contributed by atoms with Crippen molar-refractivity contribution in [2.75, 3.05) is 0 Å². The highest BCUT2D eigenvalue weighted by Crippen LogP contribution is 2.26. The van der Waals surface area contributed by atoms with Gasteiger partial charge in [-0.2, -0.15) is 0 Å². The fraction of sp³-hybridized carbons (Fsp3) is 0.133. The van der Waals surface area contributed by atoms with Crippen LogP contribution < -0.4 is 4.74 Å². The van der Waals surface area contributed by atoms with Crippen molar-refractivity contribution in [3.63, 3.8) is 0 Å². The van der Waals surface area contributed by atoms with Crippen molar-refractivity contribution in [3.05, 3.63) is 68.2 Å². The van der Waals surface area contributed by atoms with Crippen molar-refractivity contribution >= 4 is 23.3 Å². The van der Waals surface area contributed by atoms with Crippen molar-refractivity contribution in [1.82, 2.24) is 0 Å². The van der Waals surface area contributed by atoms with Crippen LogP contribution in [0.25, 0.3) is 0 Å². The van der Waals surface area contributed by atoms with Crippen LogP contribution in [0.4, 0.5) is 5.69 Å². The van der Waals surface area contributed by atoms with Crippen LogP contribution >= 0.6 is 11.6 Å². The van der Waals surface area contributed by atoms with Crippen LogP contribution in [0.5, 0.6) is 5.75 Å². The van der Waals surface area contributed by atoms with Crippen LogP contribution in [0.3, 0.4) is 0 Å². The molecule has 0 atom stereocenters. The van der Waals surface area contributed by atoms with E-state index in [1.807, 2.05) is 26.0 Å². The molecule has 0 unspecified atom stereocenters. The predicted octanol–water partition coefficient (Wildman–Crippen LogP) is 4.08. The van der Waals surface area contributed by atoms with Crippen LogP contribution in [0.2, 0.25) is 5.02 Å². The van der Waals surface area contributed by atoms with E-state index in [2.05, 4.69) is 0 Å². The van der Waals surface area contributed by atoms with Crippen LogP contribution in [0.1, 0.15) is 21.5 Å². The number of rotatable bonds is 3. The Kier molecular flexibility index (Phi) is 4.23. The van der Waals surface area contributed by atoms with Crippen LogP contribution in [-0.2, 0) is 0 Å². The van der Waals surface area contributed by atoms with Crippen molar-refractivity contribution in [3.8, 4) is 5.75 Å². The van der Waals surface area contributed by atoms with Crippen molar-refractivity contribution < 1.29 is 14.5 Å². The number of carbonyl (C=O) groups excluding carboxylic acids is 1. The molecule has 2 aromatic carbocycles. The van der Waals surface area contributed by atoms with E-state index in [1.165, 1.54) is 12.1 Å². The summed E-state index contributed by atoms with van der Waals surface area (Å²) < 4.78 is 5.26. The number of esters is 1. The average Bonchev–Trinajstić information content (AvgIpc) is 2.42. The normalized spacial score (nSPS) is 10.2. The van der Waals surface area contributed by atoms with E-state index < -0.39 is 10.9 Å². The summed E-state index contributed by atoms with van der Waals surface area (Å²) in [6, 6.07) is 9.19. The molecule has 0 aromatic heterocycles. The average molecular weight is 306 g/mol. The molecule has 0 aliphatic carbocycles. The van der Waals surface area contributed by atoms with E-state index >= 15 is 0 Å². The third-order valence-corrected chi connectivity index (χ3v) is 3.23. The summed E-state index contributed by atoms with van der Waals surface area (Å²) in [6.45, 7) is 3.75. The Balaban J connectivity index is 2.28. The number of ether oxygens (including phenoxy) is 1. The molecule has 0 radical (unpaired) electrons. The Morgan fingerprint density at radius 3 is 2.52 bits per heavy atom. The number of aryl methyl sites for hydroxylation is 2. The van der Waals surface area contributed by atoms with Gasteiger partial charge in [-0.1, -0.05) is 29.3 Å². The molecule has 6 heteroatoms. The lowest BCUT2D eigenvalue weighted by atomic mass is 10.1. The van der Waals surface area contributed by atoms with Crippen LogP contribution in [-0.4, -0.2) is 10.9 Å². The monoisotopic (exact) mass is 305 g/mol. The molecule has 5 nitrogen and oxygen atoms in total. The molecular formula is C15H12ClNO4. The fourth-order valence-electron chi connectivity index (χ4n) is 1.85. The summed E-state index contributed by atoms with van der Waals surface area (Å²) in [5.74, 6) is -0.245. The first-order valence-electron chi connectivity index (χ1n) is 6.12. The van der Waals surface area contributed by atoms with Crippen LogP contribution in [0.15, 0.2) is 36.4 Å². The number of hydrogen-bond donors (Lipinski definition) is 0. The second kappa shape index (κ2) is 5.93. The van der Waals surface area contributed by atoms with Gasteiger partial charge in [0.15, 0.2) is 0 Å². The zero-order valence-corrected chi connectivity index (χ0v) is 12.2. The fourth-order valence-corrected chi connectivity index (χ4v) is 2.04. The molecule has 0 fully saturated rings. The van der Waals surface area contributed by atoms with E-state index in [4.69, 9.17) is 16.3 Å². The lowest BCUT2D eigenvalue weighted by Gasteiger charge is -2.08. The van der Waals surface area contributed by atoms with Gasteiger partial charge < -0.3 is 4.74 Å². The van der Waals surface area contributed by atoms with Gasteiger partial charge in [-0.15, -0.1) is 0 Å². The molecule has 0 saturated carbocycles. The van der Waals surface area contributed by atoms with E-state index in [9.17, 15) is 14.9 Å². The Labute approximate surface area is 126 Å². The Hall–Kier alpha value is -2.40. The molecule has 0 heterocycles. The Morgan fingerprint density at radius 2 is 1.90 bits per heavy atom. The summed E-state index contributed by atoms with van der Waals surface area (Å²) in [5.41, 5.74) is 1.61. The van der Waals surface area contributed by atoms with Crippen molar-refractivity contribution in [2.24, 2.45) is 0 Å². The maximum atomic E-state index is 12.0. The van der Waals surface area contributed by atoms with Gasteiger partial charge in [0.1, 0.15) is 10.8 Å². The molecule has 0 aliphatic heterocycles. The lowest BCUT2D eigenvalue weighted by Crippen LogP contribution is -2.09. The standard InChI is InChI=1S/C15H12ClNO4/c1-9-3-6-14(10(2)7-9)21-15(18)11-4-5-12(16)13(8-11)17(19)20/h3-8H,1-2H3. The van der Waals surface area contributed by atoms with Crippen molar-refractivity contribution in [2.45, 2.75) is 13.8 Å². The highest BCUT2D eigenvalue weighted by molar-refractivity contribution is 6.32. The van der Waals surface area contributed by atoms with E-state index in [0.717, 1.165) is 17.2 Å². The first-order valence-corrected chi connectivity index (χ1v) is 6.49. The highest BCUT2D eigenvalue weighted by atomic mass is 35.5. The third-order valence-electron chi connectivity index (χ3n) is 2.91. The highest BCUT2D eigenvalue weighted by Gasteiger charge is 2.18. The zero-order chi connectivity index (χ0) is 15.6. The first-order chi connectivity index (χ1) is 9.88. The quantitative estimate of drug-likeness (QED) is 0.371. The van der Waals surface area contributed by atoms with Gasteiger partial charge in [-0.3, -0.25) is 10.1 Å². The molecular weight excluding hydrogens is 294 g/mol. The molecule has 0 aliphatic rings. The van der Waals surface area contributed by atoms with Crippen LogP contribution in [0, 0.1) is 24.0 Å². The summed E-state index contributed by atoms with van der Waals surface area (Å²) in [4.78, 5) is 22.2. The smallest absolute Gasteiger partial charge is 0.343 e.